The topological polar surface area (TPSA) is 71.0 Å². The van der Waals surface area contributed by atoms with Crippen LogP contribution in [-0.2, 0) is 12.1 Å². The molecule has 1 aromatic carbocycles. The molecule has 0 amide bonds. The van der Waals surface area contributed by atoms with Crippen LogP contribution in [0.15, 0.2) is 30.5 Å². The molecule has 2 aliphatic rings. The molecule has 174 valence electrons. The van der Waals surface area contributed by atoms with Crippen molar-refractivity contribution < 1.29 is 14.6 Å². The average molecular weight is 441 g/mol. The van der Waals surface area contributed by atoms with Crippen molar-refractivity contribution in [2.45, 2.75) is 45.3 Å². The molecule has 1 aliphatic carbocycles. The molecule has 0 spiro atoms. The molecule has 32 heavy (non-hydrogen) atoms. The third-order valence-corrected chi connectivity index (χ3v) is 6.87. The standard InChI is InChI=1S/C25H36N4O3/c1-5-31-23-21(14-26-24(27-23)32-6-2)25(30)13-7-8-19-16-29(17-22(19)25)15-18-9-11-20(12-10-18)28(3)4/h9-12,14,19,22,30H,5-8,13,15-17H2,1-4H3/t19-,22-,25-/m1/s1. The maximum atomic E-state index is 12.0. The van der Waals surface area contributed by atoms with Gasteiger partial charge >= 0.3 is 6.01 Å². The van der Waals surface area contributed by atoms with Crippen molar-refractivity contribution in [1.29, 1.82) is 0 Å². The molecule has 2 fully saturated rings. The van der Waals surface area contributed by atoms with Crippen molar-refractivity contribution in [2.75, 3.05) is 45.3 Å². The van der Waals surface area contributed by atoms with Gasteiger partial charge in [0.2, 0.25) is 5.88 Å². The Morgan fingerprint density at radius 3 is 2.56 bits per heavy atom. The first-order valence-electron chi connectivity index (χ1n) is 11.8. The first kappa shape index (κ1) is 22.8. The summed E-state index contributed by atoms with van der Waals surface area (Å²) in [5.41, 5.74) is 2.23. The molecule has 4 rings (SSSR count). The lowest BCUT2D eigenvalue weighted by molar-refractivity contribution is -0.0672. The zero-order valence-corrected chi connectivity index (χ0v) is 19.8. The van der Waals surface area contributed by atoms with E-state index in [4.69, 9.17) is 9.47 Å². The molecule has 2 aromatic rings. The van der Waals surface area contributed by atoms with Crippen LogP contribution in [0.25, 0.3) is 0 Å². The largest absolute Gasteiger partial charge is 0.478 e. The lowest BCUT2D eigenvalue weighted by Gasteiger charge is -2.41. The molecule has 7 heteroatoms. The lowest BCUT2D eigenvalue weighted by Crippen LogP contribution is -2.43. The Morgan fingerprint density at radius 2 is 1.88 bits per heavy atom. The predicted octanol–water partition coefficient (Wildman–Crippen LogP) is 3.46. The van der Waals surface area contributed by atoms with E-state index in [0.717, 1.165) is 32.5 Å². The predicted molar refractivity (Wildman–Crippen MR) is 125 cm³/mol. The van der Waals surface area contributed by atoms with Crippen molar-refractivity contribution in [1.82, 2.24) is 14.9 Å². The average Bonchev–Trinajstić information content (AvgIpc) is 3.19. The van der Waals surface area contributed by atoms with Crippen LogP contribution in [0.4, 0.5) is 5.69 Å². The summed E-state index contributed by atoms with van der Waals surface area (Å²) in [5, 5.41) is 12.0. The molecular formula is C25H36N4O3. The van der Waals surface area contributed by atoms with Crippen LogP contribution in [0.2, 0.25) is 0 Å². The monoisotopic (exact) mass is 440 g/mol. The minimum atomic E-state index is -0.984. The van der Waals surface area contributed by atoms with E-state index in [9.17, 15) is 5.11 Å². The Hall–Kier alpha value is -2.38. The maximum absolute atomic E-state index is 12.0. The van der Waals surface area contributed by atoms with E-state index >= 15 is 0 Å². The van der Waals surface area contributed by atoms with Crippen LogP contribution in [-0.4, -0.2) is 60.4 Å². The van der Waals surface area contributed by atoms with Gasteiger partial charge in [0.15, 0.2) is 0 Å². The molecule has 0 radical (unpaired) electrons. The second-order valence-electron chi connectivity index (χ2n) is 9.18. The van der Waals surface area contributed by atoms with Crippen molar-refractivity contribution in [2.24, 2.45) is 11.8 Å². The molecule has 0 unspecified atom stereocenters. The number of anilines is 1. The molecule has 1 saturated carbocycles. The number of fused-ring (bicyclic) bond motifs is 1. The highest BCUT2D eigenvalue weighted by molar-refractivity contribution is 5.46. The Bertz CT molecular complexity index is 905. The van der Waals surface area contributed by atoms with Gasteiger partial charge in [-0.1, -0.05) is 12.1 Å². The van der Waals surface area contributed by atoms with Crippen LogP contribution in [0.3, 0.4) is 0 Å². The van der Waals surface area contributed by atoms with Gasteiger partial charge in [-0.2, -0.15) is 4.98 Å². The third kappa shape index (κ3) is 4.55. The molecule has 3 atom stereocenters. The van der Waals surface area contributed by atoms with Crippen LogP contribution < -0.4 is 14.4 Å². The summed E-state index contributed by atoms with van der Waals surface area (Å²) >= 11 is 0. The summed E-state index contributed by atoms with van der Waals surface area (Å²) in [6, 6.07) is 9.04. The van der Waals surface area contributed by atoms with Crippen molar-refractivity contribution in [3.63, 3.8) is 0 Å². The summed E-state index contributed by atoms with van der Waals surface area (Å²) in [6.45, 7) is 7.56. The Kier molecular flexibility index (Phi) is 6.86. The van der Waals surface area contributed by atoms with Gasteiger partial charge in [0, 0.05) is 51.5 Å². The number of nitrogens with zero attached hydrogens (tertiary/aromatic N) is 4. The first-order valence-corrected chi connectivity index (χ1v) is 11.8. The van der Waals surface area contributed by atoms with Crippen LogP contribution in [0.1, 0.15) is 44.2 Å². The summed E-state index contributed by atoms with van der Waals surface area (Å²) in [4.78, 5) is 13.4. The smallest absolute Gasteiger partial charge is 0.319 e. The Balaban J connectivity index is 1.55. The highest BCUT2D eigenvalue weighted by atomic mass is 16.5. The number of aliphatic hydroxyl groups is 1. The molecule has 7 nitrogen and oxygen atoms in total. The van der Waals surface area contributed by atoms with Gasteiger partial charge in [0.05, 0.1) is 18.8 Å². The van der Waals surface area contributed by atoms with E-state index in [1.807, 2.05) is 13.8 Å². The molecule has 2 heterocycles. The van der Waals surface area contributed by atoms with Crippen LogP contribution in [0.5, 0.6) is 11.9 Å². The second-order valence-corrected chi connectivity index (χ2v) is 9.18. The van der Waals surface area contributed by atoms with E-state index in [0.29, 0.717) is 43.0 Å². The van der Waals surface area contributed by atoms with Crippen LogP contribution >= 0.6 is 0 Å². The summed E-state index contributed by atoms with van der Waals surface area (Å²) < 4.78 is 11.3. The fraction of sp³-hybridized carbons (Fsp3) is 0.600. The molecule has 1 saturated heterocycles. The third-order valence-electron chi connectivity index (χ3n) is 6.87. The van der Waals surface area contributed by atoms with Gasteiger partial charge in [-0.25, -0.2) is 4.98 Å². The number of hydrogen-bond acceptors (Lipinski definition) is 7. The molecular weight excluding hydrogens is 404 g/mol. The summed E-state index contributed by atoms with van der Waals surface area (Å²) in [7, 11) is 4.12. The number of benzene rings is 1. The number of likely N-dealkylation sites (tertiary alicyclic amines) is 1. The van der Waals surface area contributed by atoms with E-state index in [1.165, 1.54) is 11.3 Å². The van der Waals surface area contributed by atoms with Gasteiger partial charge in [-0.05, 0) is 56.7 Å². The Morgan fingerprint density at radius 1 is 1.12 bits per heavy atom. The van der Waals surface area contributed by atoms with E-state index < -0.39 is 5.60 Å². The highest BCUT2D eigenvalue weighted by Crippen LogP contribution is 2.50. The number of aromatic nitrogens is 2. The fourth-order valence-corrected chi connectivity index (χ4v) is 5.33. The van der Waals surface area contributed by atoms with Gasteiger partial charge in [0.1, 0.15) is 5.60 Å². The first-order chi connectivity index (χ1) is 15.4. The van der Waals surface area contributed by atoms with Gasteiger partial charge in [-0.3, -0.25) is 4.90 Å². The van der Waals surface area contributed by atoms with Crippen molar-refractivity contribution in [3.8, 4) is 11.9 Å². The highest BCUT2D eigenvalue weighted by Gasteiger charge is 2.51. The SMILES string of the molecule is CCOc1ncc([C@]2(O)CCC[C@@H]3CN(Cc4ccc(N(C)C)cc4)C[C@H]32)c(OCC)n1. The number of rotatable bonds is 8. The zero-order chi connectivity index (χ0) is 22.7. The molecule has 1 N–H and O–H groups in total. The molecule has 1 aromatic heterocycles. The zero-order valence-electron chi connectivity index (χ0n) is 19.8. The van der Waals surface area contributed by atoms with Gasteiger partial charge in [0.25, 0.3) is 0 Å². The minimum absolute atomic E-state index is 0.137. The molecule has 1 aliphatic heterocycles. The van der Waals surface area contributed by atoms with Crippen molar-refractivity contribution >= 4 is 5.69 Å². The number of hydrogen-bond donors (Lipinski definition) is 1. The quantitative estimate of drug-likeness (QED) is 0.674. The normalized spacial score (nSPS) is 25.4. The van der Waals surface area contributed by atoms with E-state index in [2.05, 4.69) is 58.1 Å². The Labute approximate surface area is 191 Å². The van der Waals surface area contributed by atoms with Gasteiger partial charge < -0.3 is 19.5 Å². The number of ether oxygens (including phenoxy) is 2. The summed E-state index contributed by atoms with van der Waals surface area (Å²) in [5.74, 6) is 1.04. The second kappa shape index (κ2) is 9.63. The minimum Gasteiger partial charge on any atom is -0.478 e. The summed E-state index contributed by atoms with van der Waals surface area (Å²) in [6.07, 6.45) is 4.55. The van der Waals surface area contributed by atoms with Crippen molar-refractivity contribution in [3.05, 3.63) is 41.6 Å². The molecule has 0 bridgehead atoms. The van der Waals surface area contributed by atoms with E-state index in [-0.39, 0.29) is 5.92 Å². The maximum Gasteiger partial charge on any atom is 0.319 e. The fourth-order valence-electron chi connectivity index (χ4n) is 5.33. The van der Waals surface area contributed by atoms with Crippen LogP contribution in [0, 0.1) is 11.8 Å². The van der Waals surface area contributed by atoms with E-state index in [1.54, 1.807) is 6.20 Å². The van der Waals surface area contributed by atoms with Gasteiger partial charge in [-0.15, -0.1) is 0 Å². The lowest BCUT2D eigenvalue weighted by atomic mass is 9.68.